The van der Waals surface area contributed by atoms with Gasteiger partial charge in [0.15, 0.2) is 5.01 Å². The highest BCUT2D eigenvalue weighted by Crippen LogP contribution is 2.52. The Bertz CT molecular complexity index is 1780. The van der Waals surface area contributed by atoms with Gasteiger partial charge in [-0.25, -0.2) is 35.7 Å². The lowest BCUT2D eigenvalue weighted by atomic mass is 9.61. The lowest BCUT2D eigenvalue weighted by Crippen LogP contribution is -2.50. The zero-order chi connectivity index (χ0) is 32.1. The summed E-state index contributed by atoms with van der Waals surface area (Å²) in [6.45, 7) is -0.915. The van der Waals surface area contributed by atoms with Crippen molar-refractivity contribution in [2.75, 3.05) is 6.54 Å². The zero-order valence-electron chi connectivity index (χ0n) is 23.1. The molecule has 4 aromatic rings. The number of hydrogen-bond acceptors (Lipinski definition) is 5. The van der Waals surface area contributed by atoms with Crippen molar-refractivity contribution in [2.24, 2.45) is 5.41 Å². The topological polar surface area (TPSA) is 68.1 Å². The van der Waals surface area contributed by atoms with Crippen molar-refractivity contribution in [3.63, 3.8) is 0 Å². The second-order valence-corrected chi connectivity index (χ2v) is 13.3. The number of carbonyl (C=O) groups is 1. The van der Waals surface area contributed by atoms with E-state index in [1.54, 1.807) is 10.8 Å². The Morgan fingerprint density at radius 1 is 1.07 bits per heavy atom. The fourth-order valence-corrected chi connectivity index (χ4v) is 8.17. The van der Waals surface area contributed by atoms with Gasteiger partial charge >= 0.3 is 6.18 Å². The minimum atomic E-state index is -4.72. The van der Waals surface area contributed by atoms with Crippen LogP contribution < -0.4 is 0 Å². The molecule has 6 rings (SSSR count). The number of benzene rings is 2. The molecule has 0 aliphatic heterocycles. The van der Waals surface area contributed by atoms with Gasteiger partial charge in [0.1, 0.15) is 27.5 Å². The maximum Gasteiger partial charge on any atom is 0.427 e. The monoisotopic (exact) mass is 668 g/mol. The molecule has 0 N–H and O–H groups in total. The molecule has 0 radical (unpaired) electrons. The summed E-state index contributed by atoms with van der Waals surface area (Å²) in [5, 5.41) is 4.03. The lowest BCUT2D eigenvalue weighted by molar-refractivity contribution is -0.134. The molecule has 0 amide bonds. The number of fused-ring (bicyclic) bond motifs is 2. The van der Waals surface area contributed by atoms with Crippen molar-refractivity contribution in [3.05, 3.63) is 99.3 Å². The van der Waals surface area contributed by atoms with Crippen LogP contribution in [0.4, 0.5) is 30.7 Å². The maximum absolute atomic E-state index is 14.3. The Morgan fingerprint density at radius 2 is 1.73 bits per heavy atom. The van der Waals surface area contributed by atoms with E-state index in [4.69, 9.17) is 0 Å². The minimum absolute atomic E-state index is 0.0304. The quantitative estimate of drug-likeness (QED) is 0.146. The Balaban J connectivity index is 1.43. The molecule has 45 heavy (non-hydrogen) atoms. The van der Waals surface area contributed by atoms with Gasteiger partial charge in [0.05, 0.1) is 40.6 Å². The predicted molar refractivity (Wildman–Crippen MR) is 152 cm³/mol. The highest BCUT2D eigenvalue weighted by Gasteiger charge is 2.52. The highest BCUT2D eigenvalue weighted by atomic mass is 32.2. The van der Waals surface area contributed by atoms with Gasteiger partial charge in [-0.1, -0.05) is 5.57 Å². The van der Waals surface area contributed by atoms with Crippen LogP contribution in [0.2, 0.25) is 0 Å². The number of carbonyl (C=O) groups excluding carboxylic acids is 1. The summed E-state index contributed by atoms with van der Waals surface area (Å²) in [6, 6.07) is 9.27. The van der Waals surface area contributed by atoms with Crippen LogP contribution in [0.3, 0.4) is 0 Å². The van der Waals surface area contributed by atoms with Gasteiger partial charge in [-0.3, -0.25) is 4.79 Å². The van der Waals surface area contributed by atoms with Gasteiger partial charge in [-0.05, 0) is 85.9 Å². The Labute approximate surface area is 258 Å². The molecular weight excluding hydrogens is 645 g/mol. The van der Waals surface area contributed by atoms with E-state index in [2.05, 4.69) is 10.1 Å². The normalized spacial score (nSPS) is 20.6. The molecule has 2 aliphatic rings. The number of allylic oxidation sites excluding steroid dienone is 1. The molecule has 2 heterocycles. The summed E-state index contributed by atoms with van der Waals surface area (Å²) >= 11 is 0.203. The van der Waals surface area contributed by atoms with Gasteiger partial charge in [0.25, 0.3) is 6.43 Å². The number of rotatable bonds is 8. The second-order valence-electron chi connectivity index (χ2n) is 10.8. The van der Waals surface area contributed by atoms with Gasteiger partial charge < -0.3 is 0 Å². The van der Waals surface area contributed by atoms with Crippen molar-refractivity contribution in [3.8, 4) is 5.69 Å². The molecule has 0 bridgehead atoms. The summed E-state index contributed by atoms with van der Waals surface area (Å²) in [7, 11) is -2.16. The molecule has 3 atom stereocenters. The van der Waals surface area contributed by atoms with Gasteiger partial charge in [0, 0.05) is 6.04 Å². The average molecular weight is 669 g/mol. The fraction of sp³-hybridized carbons (Fsp3) is 0.300. The molecule has 0 saturated heterocycles. The number of alkyl halides is 5. The van der Waals surface area contributed by atoms with Crippen LogP contribution >= 0.6 is 11.3 Å². The maximum atomic E-state index is 14.3. The first kappa shape index (κ1) is 31.3. The summed E-state index contributed by atoms with van der Waals surface area (Å²) in [6.07, 6.45) is -3.62. The Kier molecular flexibility index (Phi) is 8.29. The van der Waals surface area contributed by atoms with Crippen LogP contribution in [0.5, 0.6) is 0 Å². The Hall–Kier alpha value is -3.69. The van der Waals surface area contributed by atoms with Crippen LogP contribution in [-0.2, 0) is 23.6 Å². The SMILES string of the molecule is O=C(c1ncc(C(F)(F)F)s1)C12Cc3cnn(-c4ccc(F)cc4)c3C=C1CCC(N(CC(F)F)S(=O)c1ccc(F)cc1)C2. The summed E-state index contributed by atoms with van der Waals surface area (Å²) in [5.74, 6) is -1.76. The molecule has 2 aromatic carbocycles. The third-order valence-corrected chi connectivity index (χ3v) is 10.7. The molecule has 1 saturated carbocycles. The number of thiazole rings is 1. The first-order valence-corrected chi connectivity index (χ1v) is 15.6. The standard InChI is InChI=1S/C30H23F7N4O2S2/c31-19-2-7-21(8-3-19)41-24-11-18-1-6-22(40(16-26(33)34)45(43)23-9-4-20(32)5-10-23)13-29(18,12-17(24)14-39-41)27(42)28-38-15-25(44-28)30(35,36)37/h2-5,7-11,14-15,22,26H,1,6,12-13,16H2. The molecular formula is C30H23F7N4O2S2. The van der Waals surface area contributed by atoms with E-state index in [-0.39, 0.29) is 46.9 Å². The first-order valence-electron chi connectivity index (χ1n) is 13.7. The fourth-order valence-electron chi connectivity index (χ4n) is 6.01. The number of Topliss-reactive ketones (excluding diaryl/α,β-unsaturated/α-hetero) is 1. The molecule has 15 heteroatoms. The van der Waals surface area contributed by atoms with Crippen LogP contribution in [0.1, 0.15) is 45.2 Å². The zero-order valence-corrected chi connectivity index (χ0v) is 24.7. The first-order chi connectivity index (χ1) is 21.4. The average Bonchev–Trinajstić information content (AvgIpc) is 3.66. The number of aromatic nitrogens is 3. The third-order valence-electron chi connectivity index (χ3n) is 8.07. The minimum Gasteiger partial charge on any atom is -0.290 e. The molecule has 236 valence electrons. The van der Waals surface area contributed by atoms with E-state index < -0.39 is 63.9 Å². The summed E-state index contributed by atoms with van der Waals surface area (Å²) in [4.78, 5) is 17.1. The van der Waals surface area contributed by atoms with Crippen molar-refractivity contribution in [1.82, 2.24) is 19.1 Å². The molecule has 0 spiro atoms. The number of nitrogens with zero attached hydrogens (tertiary/aromatic N) is 4. The van der Waals surface area contributed by atoms with Crippen molar-refractivity contribution < 1.29 is 39.7 Å². The van der Waals surface area contributed by atoms with Crippen molar-refractivity contribution >= 4 is 34.2 Å². The third kappa shape index (κ3) is 6.00. The molecule has 1 fully saturated rings. The van der Waals surface area contributed by atoms with E-state index in [1.807, 2.05) is 0 Å². The van der Waals surface area contributed by atoms with Crippen LogP contribution in [0.15, 0.2) is 71.4 Å². The van der Waals surface area contributed by atoms with Crippen LogP contribution in [-0.4, -0.2) is 48.1 Å². The molecule has 6 nitrogen and oxygen atoms in total. The van der Waals surface area contributed by atoms with E-state index in [0.29, 0.717) is 28.7 Å². The van der Waals surface area contributed by atoms with E-state index >= 15 is 0 Å². The smallest absolute Gasteiger partial charge is 0.290 e. The van der Waals surface area contributed by atoms with Crippen LogP contribution in [0, 0.1) is 17.0 Å². The largest absolute Gasteiger partial charge is 0.427 e. The summed E-state index contributed by atoms with van der Waals surface area (Å²) in [5.41, 5.74) is 0.737. The van der Waals surface area contributed by atoms with Gasteiger partial charge in [0.2, 0.25) is 5.78 Å². The molecule has 3 unspecified atom stereocenters. The van der Waals surface area contributed by atoms with E-state index in [0.717, 1.165) is 16.4 Å². The van der Waals surface area contributed by atoms with Gasteiger partial charge in [-0.2, -0.15) is 18.3 Å². The number of hydrogen-bond donors (Lipinski definition) is 0. The van der Waals surface area contributed by atoms with Crippen molar-refractivity contribution in [1.29, 1.82) is 0 Å². The molecule has 2 aliphatic carbocycles. The second kappa shape index (κ2) is 11.9. The van der Waals surface area contributed by atoms with E-state index in [1.165, 1.54) is 42.6 Å². The number of halogens is 7. The Morgan fingerprint density at radius 3 is 2.36 bits per heavy atom. The highest BCUT2D eigenvalue weighted by molar-refractivity contribution is 7.82. The lowest BCUT2D eigenvalue weighted by Gasteiger charge is -2.46. The van der Waals surface area contributed by atoms with Gasteiger partial charge in [-0.15, -0.1) is 11.3 Å². The summed E-state index contributed by atoms with van der Waals surface area (Å²) < 4.78 is 112. The van der Waals surface area contributed by atoms with E-state index in [9.17, 15) is 39.7 Å². The number of ketones is 1. The predicted octanol–water partition coefficient (Wildman–Crippen LogP) is 7.28. The van der Waals surface area contributed by atoms with Crippen LogP contribution in [0.25, 0.3) is 11.8 Å². The van der Waals surface area contributed by atoms with Crippen molar-refractivity contribution in [2.45, 2.75) is 49.2 Å². The molecule has 2 aromatic heterocycles.